The molecule has 0 aromatic heterocycles. The summed E-state index contributed by atoms with van der Waals surface area (Å²) < 4.78 is 11.0. The van der Waals surface area contributed by atoms with E-state index in [0.717, 1.165) is 43.2 Å². The summed E-state index contributed by atoms with van der Waals surface area (Å²) in [6, 6.07) is 16.3. The summed E-state index contributed by atoms with van der Waals surface area (Å²) in [5, 5.41) is 6.43. The molecule has 0 saturated carbocycles. The average molecular weight is 383 g/mol. The van der Waals surface area contributed by atoms with Crippen molar-refractivity contribution in [2.45, 2.75) is 45.1 Å². The molecule has 28 heavy (non-hydrogen) atoms. The molecular weight excluding hydrogens is 352 g/mol. The normalized spacial score (nSPS) is 14.7. The van der Waals surface area contributed by atoms with Crippen molar-refractivity contribution in [3.63, 3.8) is 0 Å². The zero-order valence-corrected chi connectivity index (χ0v) is 16.7. The number of carbonyl (C=O) groups is 1. The van der Waals surface area contributed by atoms with E-state index in [0.29, 0.717) is 25.0 Å². The van der Waals surface area contributed by atoms with Crippen molar-refractivity contribution in [2.75, 3.05) is 30.5 Å². The van der Waals surface area contributed by atoms with Gasteiger partial charge in [-0.1, -0.05) is 26.0 Å². The van der Waals surface area contributed by atoms with Gasteiger partial charge in [0.1, 0.15) is 5.75 Å². The molecule has 3 rings (SSSR count). The number of ether oxygens (including phenoxy) is 2. The number of hydrogen-bond donors (Lipinski definition) is 2. The van der Waals surface area contributed by atoms with Crippen LogP contribution in [0, 0.1) is 0 Å². The number of benzene rings is 2. The summed E-state index contributed by atoms with van der Waals surface area (Å²) in [7, 11) is 0. The highest BCUT2D eigenvalue weighted by Gasteiger charge is 2.13. The molecule has 5 nitrogen and oxygen atoms in total. The van der Waals surface area contributed by atoms with Crippen molar-refractivity contribution in [3.05, 3.63) is 54.1 Å². The van der Waals surface area contributed by atoms with E-state index in [1.54, 1.807) is 0 Å². The van der Waals surface area contributed by atoms with Crippen LogP contribution in [0.2, 0.25) is 0 Å². The topological polar surface area (TPSA) is 59.6 Å². The van der Waals surface area contributed by atoms with Crippen molar-refractivity contribution in [2.24, 2.45) is 0 Å². The van der Waals surface area contributed by atoms with Crippen molar-refractivity contribution in [1.29, 1.82) is 0 Å². The van der Waals surface area contributed by atoms with Gasteiger partial charge in [0.25, 0.3) is 0 Å². The molecule has 1 saturated heterocycles. The van der Waals surface area contributed by atoms with Crippen LogP contribution in [0.25, 0.3) is 0 Å². The second-order valence-corrected chi connectivity index (χ2v) is 7.48. The Morgan fingerprint density at radius 3 is 2.32 bits per heavy atom. The molecule has 1 amide bonds. The van der Waals surface area contributed by atoms with E-state index in [4.69, 9.17) is 9.47 Å². The number of nitrogens with one attached hydrogen (secondary N) is 2. The van der Waals surface area contributed by atoms with E-state index in [2.05, 4.69) is 36.6 Å². The summed E-state index contributed by atoms with van der Waals surface area (Å²) in [6.45, 7) is 6.31. The molecule has 1 heterocycles. The van der Waals surface area contributed by atoms with Gasteiger partial charge in [0.15, 0.2) is 0 Å². The maximum Gasteiger partial charge on any atom is 0.227 e. The maximum atomic E-state index is 12.1. The number of carbonyl (C=O) groups excluding carboxylic acids is 1. The largest absolute Gasteiger partial charge is 0.493 e. The molecule has 2 N–H and O–H groups in total. The Morgan fingerprint density at radius 1 is 1.04 bits per heavy atom. The van der Waals surface area contributed by atoms with Gasteiger partial charge in [-0.25, -0.2) is 0 Å². The average Bonchev–Trinajstić information content (AvgIpc) is 2.71. The first-order valence-corrected chi connectivity index (χ1v) is 10.1. The van der Waals surface area contributed by atoms with Gasteiger partial charge in [0.05, 0.1) is 13.0 Å². The van der Waals surface area contributed by atoms with Gasteiger partial charge in [-0.05, 0) is 60.7 Å². The van der Waals surface area contributed by atoms with E-state index in [1.165, 1.54) is 5.56 Å². The first-order valence-electron chi connectivity index (χ1n) is 10.1. The Bertz CT molecular complexity index is 735. The Hall–Kier alpha value is -2.53. The Labute approximate surface area is 167 Å². The van der Waals surface area contributed by atoms with E-state index >= 15 is 0 Å². The number of amides is 1. The highest BCUT2D eigenvalue weighted by molar-refractivity contribution is 5.90. The van der Waals surface area contributed by atoms with Gasteiger partial charge in [0, 0.05) is 30.6 Å². The van der Waals surface area contributed by atoms with E-state index < -0.39 is 0 Å². The molecule has 0 bridgehead atoms. The molecule has 0 unspecified atom stereocenters. The number of hydrogen-bond acceptors (Lipinski definition) is 4. The van der Waals surface area contributed by atoms with Gasteiger partial charge in [0.2, 0.25) is 5.91 Å². The fraction of sp³-hybridized carbons (Fsp3) is 0.435. The van der Waals surface area contributed by atoms with Crippen LogP contribution in [-0.4, -0.2) is 31.8 Å². The summed E-state index contributed by atoms with van der Waals surface area (Å²) in [4.78, 5) is 12.1. The fourth-order valence-corrected chi connectivity index (χ4v) is 3.16. The predicted octanol–water partition coefficient (Wildman–Crippen LogP) is 4.81. The minimum Gasteiger partial charge on any atom is -0.493 e. The van der Waals surface area contributed by atoms with Crippen LogP contribution in [0.15, 0.2) is 48.5 Å². The summed E-state index contributed by atoms with van der Waals surface area (Å²) >= 11 is 0. The highest BCUT2D eigenvalue weighted by atomic mass is 16.5. The molecule has 2 aromatic carbocycles. The van der Waals surface area contributed by atoms with Crippen molar-refractivity contribution in [1.82, 2.24) is 0 Å². The summed E-state index contributed by atoms with van der Waals surface area (Å²) in [5.41, 5.74) is 3.14. The van der Waals surface area contributed by atoms with Crippen LogP contribution < -0.4 is 15.4 Å². The summed E-state index contributed by atoms with van der Waals surface area (Å²) in [6.07, 6.45) is 2.37. The van der Waals surface area contributed by atoms with Gasteiger partial charge in [-0.2, -0.15) is 0 Å². The van der Waals surface area contributed by atoms with Crippen LogP contribution in [0.5, 0.6) is 5.75 Å². The molecule has 1 fully saturated rings. The number of anilines is 2. The molecular formula is C23H30N2O3. The minimum absolute atomic E-state index is 0.0519. The Morgan fingerprint density at radius 2 is 1.68 bits per heavy atom. The SMILES string of the molecule is CC(C)c1ccc(OCCC(=O)Nc2ccc(NC3CCOCC3)cc2)cc1. The lowest BCUT2D eigenvalue weighted by Gasteiger charge is -2.24. The van der Waals surface area contributed by atoms with Crippen LogP contribution >= 0.6 is 0 Å². The van der Waals surface area contributed by atoms with Crippen LogP contribution in [0.4, 0.5) is 11.4 Å². The zero-order valence-electron chi connectivity index (χ0n) is 16.7. The second kappa shape index (κ2) is 10.1. The maximum absolute atomic E-state index is 12.1. The fourth-order valence-electron chi connectivity index (χ4n) is 3.16. The lowest BCUT2D eigenvalue weighted by atomic mass is 10.0. The molecule has 150 valence electrons. The molecule has 0 radical (unpaired) electrons. The lowest BCUT2D eigenvalue weighted by Crippen LogP contribution is -2.27. The monoisotopic (exact) mass is 382 g/mol. The lowest BCUT2D eigenvalue weighted by molar-refractivity contribution is -0.116. The van der Waals surface area contributed by atoms with Crippen molar-refractivity contribution in [3.8, 4) is 5.75 Å². The van der Waals surface area contributed by atoms with Crippen LogP contribution in [-0.2, 0) is 9.53 Å². The van der Waals surface area contributed by atoms with E-state index in [9.17, 15) is 4.79 Å². The molecule has 0 aliphatic carbocycles. The van der Waals surface area contributed by atoms with E-state index in [-0.39, 0.29) is 5.91 Å². The summed E-state index contributed by atoms with van der Waals surface area (Å²) in [5.74, 6) is 1.24. The van der Waals surface area contributed by atoms with Gasteiger partial charge in [-0.3, -0.25) is 4.79 Å². The molecule has 1 aliphatic heterocycles. The van der Waals surface area contributed by atoms with Crippen molar-refractivity contribution >= 4 is 17.3 Å². The van der Waals surface area contributed by atoms with Gasteiger partial charge in [-0.15, -0.1) is 0 Å². The first kappa shape index (κ1) is 20.2. The quantitative estimate of drug-likeness (QED) is 0.688. The highest BCUT2D eigenvalue weighted by Crippen LogP contribution is 2.19. The van der Waals surface area contributed by atoms with Gasteiger partial charge >= 0.3 is 0 Å². The third-order valence-corrected chi connectivity index (χ3v) is 4.91. The second-order valence-electron chi connectivity index (χ2n) is 7.48. The first-order chi connectivity index (χ1) is 13.6. The van der Waals surface area contributed by atoms with Gasteiger partial charge < -0.3 is 20.1 Å². The molecule has 5 heteroatoms. The molecule has 0 spiro atoms. The smallest absolute Gasteiger partial charge is 0.227 e. The standard InChI is InChI=1S/C23H30N2O3/c1-17(2)18-3-9-22(10-4-18)28-16-13-23(26)25-20-7-5-19(6-8-20)24-21-11-14-27-15-12-21/h3-10,17,21,24H,11-16H2,1-2H3,(H,25,26). The van der Waals surface area contributed by atoms with Crippen molar-refractivity contribution < 1.29 is 14.3 Å². The van der Waals surface area contributed by atoms with Crippen LogP contribution in [0.3, 0.4) is 0 Å². The Balaban J connectivity index is 1.39. The number of rotatable bonds is 8. The third-order valence-electron chi connectivity index (χ3n) is 4.91. The van der Waals surface area contributed by atoms with Crippen LogP contribution in [0.1, 0.15) is 44.6 Å². The molecule has 2 aromatic rings. The molecule has 0 atom stereocenters. The zero-order chi connectivity index (χ0) is 19.8. The molecule has 1 aliphatic rings. The van der Waals surface area contributed by atoms with E-state index in [1.807, 2.05) is 36.4 Å². The predicted molar refractivity (Wildman–Crippen MR) is 113 cm³/mol. The third kappa shape index (κ3) is 6.27. The minimum atomic E-state index is -0.0519. The Kier molecular flexibility index (Phi) is 7.31.